The minimum Gasteiger partial charge on any atom is -0.494 e. The summed E-state index contributed by atoms with van der Waals surface area (Å²) in [6.45, 7) is 4.51. The Morgan fingerprint density at radius 2 is 1.75 bits per heavy atom. The van der Waals surface area contributed by atoms with E-state index in [2.05, 4.69) is 15.2 Å². The second-order valence-corrected chi connectivity index (χ2v) is 6.48. The number of aromatic carboxylic acids is 1. The van der Waals surface area contributed by atoms with Crippen molar-refractivity contribution in [3.05, 3.63) is 65.7 Å². The lowest BCUT2D eigenvalue weighted by Gasteiger charge is -2.07. The molecule has 0 aliphatic rings. The van der Waals surface area contributed by atoms with Crippen LogP contribution in [0.2, 0.25) is 0 Å². The van der Waals surface area contributed by atoms with Crippen LogP contribution in [0.1, 0.15) is 22.8 Å². The molecule has 0 unspecified atom stereocenters. The quantitative estimate of drug-likeness (QED) is 0.529. The second kappa shape index (κ2) is 7.15. The molecule has 140 valence electrons. The zero-order valence-electron chi connectivity index (χ0n) is 15.6. The molecule has 4 rings (SSSR count). The number of carbonyl (C=O) groups is 1. The van der Waals surface area contributed by atoms with E-state index in [-0.39, 0.29) is 5.56 Å². The van der Waals surface area contributed by atoms with E-state index in [1.807, 2.05) is 62.4 Å². The Kier molecular flexibility index (Phi) is 4.53. The van der Waals surface area contributed by atoms with Gasteiger partial charge < -0.3 is 9.84 Å². The van der Waals surface area contributed by atoms with Crippen molar-refractivity contribution in [2.75, 3.05) is 6.61 Å². The zero-order chi connectivity index (χ0) is 19.7. The first-order valence-corrected chi connectivity index (χ1v) is 8.99. The fraction of sp³-hybridized carbons (Fsp3) is 0.136. The molecule has 28 heavy (non-hydrogen) atoms. The molecule has 2 N–H and O–H groups in total. The summed E-state index contributed by atoms with van der Waals surface area (Å²) in [6.07, 6.45) is 0. The molecular formula is C22H19N3O3. The summed E-state index contributed by atoms with van der Waals surface area (Å²) in [5.41, 5.74) is 4.53. The number of benzene rings is 2. The average molecular weight is 373 g/mol. The van der Waals surface area contributed by atoms with Crippen LogP contribution in [0.15, 0.2) is 54.6 Å². The molecule has 6 nitrogen and oxygen atoms in total. The van der Waals surface area contributed by atoms with Crippen LogP contribution in [0, 0.1) is 6.92 Å². The number of pyridine rings is 1. The summed E-state index contributed by atoms with van der Waals surface area (Å²) in [5, 5.41) is 17.5. The van der Waals surface area contributed by atoms with Crippen LogP contribution in [-0.2, 0) is 0 Å². The maximum Gasteiger partial charge on any atom is 0.336 e. The summed E-state index contributed by atoms with van der Waals surface area (Å²) < 4.78 is 5.46. The Balaban J connectivity index is 1.85. The summed E-state index contributed by atoms with van der Waals surface area (Å²) in [7, 11) is 0. The molecule has 0 atom stereocenters. The molecule has 0 fully saturated rings. The molecule has 0 aliphatic heterocycles. The number of hydrogen-bond donors (Lipinski definition) is 2. The van der Waals surface area contributed by atoms with Crippen LogP contribution in [0.3, 0.4) is 0 Å². The Morgan fingerprint density at radius 3 is 2.39 bits per heavy atom. The maximum absolute atomic E-state index is 12.0. The molecule has 0 amide bonds. The fourth-order valence-electron chi connectivity index (χ4n) is 3.16. The smallest absolute Gasteiger partial charge is 0.336 e. The minimum atomic E-state index is -1.02. The number of rotatable bonds is 5. The van der Waals surface area contributed by atoms with Gasteiger partial charge in [-0.3, -0.25) is 5.10 Å². The Bertz CT molecular complexity index is 1150. The largest absolute Gasteiger partial charge is 0.494 e. The van der Waals surface area contributed by atoms with E-state index in [0.29, 0.717) is 29.0 Å². The highest BCUT2D eigenvalue weighted by Crippen LogP contribution is 2.32. The molecular weight excluding hydrogens is 354 g/mol. The highest BCUT2D eigenvalue weighted by atomic mass is 16.5. The third kappa shape index (κ3) is 3.20. The SMILES string of the molecule is CCOc1ccc(-c2cc(C(=O)O)c3c(-c4ccc(C)cc4)[nH]nc3n2)cc1. The number of nitrogens with zero attached hydrogens (tertiary/aromatic N) is 2. The van der Waals surface area contributed by atoms with Gasteiger partial charge in [-0.15, -0.1) is 0 Å². The summed E-state index contributed by atoms with van der Waals surface area (Å²) in [6, 6.07) is 16.8. The van der Waals surface area contributed by atoms with Crippen molar-refractivity contribution in [2.24, 2.45) is 0 Å². The Labute approximate surface area is 161 Å². The highest BCUT2D eigenvalue weighted by molar-refractivity contribution is 6.08. The number of ether oxygens (including phenoxy) is 1. The second-order valence-electron chi connectivity index (χ2n) is 6.48. The minimum absolute atomic E-state index is 0.165. The van der Waals surface area contributed by atoms with Gasteiger partial charge in [-0.25, -0.2) is 9.78 Å². The molecule has 2 aromatic heterocycles. The number of carboxylic acids is 1. The summed E-state index contributed by atoms with van der Waals surface area (Å²) >= 11 is 0. The van der Waals surface area contributed by atoms with Crippen molar-refractivity contribution >= 4 is 17.0 Å². The summed E-state index contributed by atoms with van der Waals surface area (Å²) in [4.78, 5) is 16.6. The highest BCUT2D eigenvalue weighted by Gasteiger charge is 2.19. The number of aromatic amines is 1. The van der Waals surface area contributed by atoms with Crippen LogP contribution >= 0.6 is 0 Å². The van der Waals surface area contributed by atoms with Crippen LogP contribution < -0.4 is 4.74 Å². The van der Waals surface area contributed by atoms with Crippen molar-refractivity contribution in [1.82, 2.24) is 15.2 Å². The number of fused-ring (bicyclic) bond motifs is 1. The average Bonchev–Trinajstić information content (AvgIpc) is 3.12. The molecule has 0 saturated carbocycles. The molecule has 0 aliphatic carbocycles. The lowest BCUT2D eigenvalue weighted by molar-refractivity contribution is 0.0699. The van der Waals surface area contributed by atoms with Crippen LogP contribution in [0.5, 0.6) is 5.75 Å². The van der Waals surface area contributed by atoms with Crippen LogP contribution in [0.25, 0.3) is 33.5 Å². The lowest BCUT2D eigenvalue weighted by Crippen LogP contribution is -2.00. The normalized spacial score (nSPS) is 10.9. The third-order valence-electron chi connectivity index (χ3n) is 4.56. The molecule has 0 bridgehead atoms. The predicted octanol–water partition coefficient (Wildman–Crippen LogP) is 4.70. The molecule has 6 heteroatoms. The molecule has 0 spiro atoms. The van der Waals surface area contributed by atoms with E-state index in [4.69, 9.17) is 4.74 Å². The maximum atomic E-state index is 12.0. The molecule has 2 heterocycles. The predicted molar refractivity (Wildman–Crippen MR) is 108 cm³/mol. The first-order chi connectivity index (χ1) is 13.6. The standard InChI is InChI=1S/C22H19N3O3/c1-3-28-16-10-8-14(9-11-16)18-12-17(22(26)27)19-20(24-25-21(19)23-18)15-6-4-13(2)5-7-15/h4-12H,3H2,1-2H3,(H,26,27)(H,23,24,25). The van der Waals surface area contributed by atoms with E-state index < -0.39 is 5.97 Å². The van der Waals surface area contributed by atoms with Gasteiger partial charge >= 0.3 is 5.97 Å². The van der Waals surface area contributed by atoms with Gasteiger partial charge in [-0.1, -0.05) is 29.8 Å². The van der Waals surface area contributed by atoms with E-state index in [0.717, 1.165) is 22.4 Å². The number of H-pyrrole nitrogens is 1. The van der Waals surface area contributed by atoms with Crippen LogP contribution in [-0.4, -0.2) is 32.9 Å². The van der Waals surface area contributed by atoms with Crippen molar-refractivity contribution in [1.29, 1.82) is 0 Å². The van der Waals surface area contributed by atoms with Crippen molar-refractivity contribution in [2.45, 2.75) is 13.8 Å². The van der Waals surface area contributed by atoms with Gasteiger partial charge in [0.15, 0.2) is 5.65 Å². The van der Waals surface area contributed by atoms with Gasteiger partial charge in [-0.05, 0) is 44.2 Å². The van der Waals surface area contributed by atoms with Crippen molar-refractivity contribution < 1.29 is 14.6 Å². The first kappa shape index (κ1) is 17.7. The molecule has 2 aromatic carbocycles. The van der Waals surface area contributed by atoms with Gasteiger partial charge in [0.2, 0.25) is 0 Å². The van der Waals surface area contributed by atoms with Gasteiger partial charge in [-0.2, -0.15) is 5.10 Å². The fourth-order valence-corrected chi connectivity index (χ4v) is 3.16. The van der Waals surface area contributed by atoms with Crippen LogP contribution in [0.4, 0.5) is 0 Å². The van der Waals surface area contributed by atoms with Gasteiger partial charge in [0, 0.05) is 11.1 Å². The topological polar surface area (TPSA) is 88.1 Å². The number of nitrogens with one attached hydrogen (secondary N) is 1. The van der Waals surface area contributed by atoms with Crippen molar-refractivity contribution in [3.8, 4) is 28.3 Å². The Hall–Kier alpha value is -3.67. The Morgan fingerprint density at radius 1 is 1.07 bits per heavy atom. The van der Waals surface area contributed by atoms with E-state index >= 15 is 0 Å². The number of aryl methyl sites for hydroxylation is 1. The lowest BCUT2D eigenvalue weighted by atomic mass is 10.0. The number of hydrogen-bond acceptors (Lipinski definition) is 4. The number of aromatic nitrogens is 3. The van der Waals surface area contributed by atoms with Gasteiger partial charge in [0.25, 0.3) is 0 Å². The van der Waals surface area contributed by atoms with E-state index in [1.54, 1.807) is 6.07 Å². The molecule has 0 saturated heterocycles. The van der Waals surface area contributed by atoms with E-state index in [9.17, 15) is 9.90 Å². The molecule has 4 aromatic rings. The van der Waals surface area contributed by atoms with E-state index in [1.165, 1.54) is 0 Å². The number of carboxylic acid groups (broad SMARTS) is 1. The zero-order valence-corrected chi connectivity index (χ0v) is 15.6. The van der Waals surface area contributed by atoms with Gasteiger partial charge in [0.05, 0.1) is 28.9 Å². The first-order valence-electron chi connectivity index (χ1n) is 8.99. The van der Waals surface area contributed by atoms with Crippen molar-refractivity contribution in [3.63, 3.8) is 0 Å². The third-order valence-corrected chi connectivity index (χ3v) is 4.56. The molecule has 0 radical (unpaired) electrons. The van der Waals surface area contributed by atoms with Gasteiger partial charge in [0.1, 0.15) is 5.75 Å². The monoisotopic (exact) mass is 373 g/mol. The summed E-state index contributed by atoms with van der Waals surface area (Å²) in [5.74, 6) is -0.262.